The maximum absolute atomic E-state index is 5.74. The molecule has 0 spiro atoms. The third-order valence-electron chi connectivity index (χ3n) is 4.06. The number of nitrogens with two attached hydrogens (primary N) is 1. The Balaban J connectivity index is 2.60. The van der Waals surface area contributed by atoms with E-state index in [1.807, 2.05) is 13.8 Å². The molecule has 1 aliphatic rings. The zero-order valence-corrected chi connectivity index (χ0v) is 12.2. The van der Waals surface area contributed by atoms with Crippen LogP contribution >= 0.6 is 0 Å². The van der Waals surface area contributed by atoms with E-state index >= 15 is 0 Å². The van der Waals surface area contributed by atoms with Crippen LogP contribution in [0, 0.1) is 11.8 Å². The average Bonchev–Trinajstić information content (AvgIpc) is 2.40. The van der Waals surface area contributed by atoms with Crippen molar-refractivity contribution in [2.24, 2.45) is 17.7 Å². The molecule has 3 unspecified atom stereocenters. The Labute approximate surface area is 112 Å². The van der Waals surface area contributed by atoms with E-state index < -0.39 is 0 Å². The molecular formula is C14H30N2O2. The highest BCUT2D eigenvalue weighted by atomic mass is 16.7. The van der Waals surface area contributed by atoms with Gasteiger partial charge in [0.05, 0.1) is 6.04 Å². The summed E-state index contributed by atoms with van der Waals surface area (Å²) in [6.45, 7) is 7.59. The van der Waals surface area contributed by atoms with E-state index in [1.165, 1.54) is 32.1 Å². The quantitative estimate of drug-likeness (QED) is 0.399. The second kappa shape index (κ2) is 8.86. The van der Waals surface area contributed by atoms with Crippen LogP contribution in [0.5, 0.6) is 0 Å². The summed E-state index contributed by atoms with van der Waals surface area (Å²) in [5.74, 6) is 7.15. The molecule has 3 N–H and O–H groups in total. The Hall–Kier alpha value is -0.160. The number of rotatable bonds is 8. The Bertz CT molecular complexity index is 208. The summed E-state index contributed by atoms with van der Waals surface area (Å²) in [5, 5.41) is 0. The van der Waals surface area contributed by atoms with Crippen LogP contribution in [0.1, 0.15) is 52.9 Å². The van der Waals surface area contributed by atoms with Crippen LogP contribution in [-0.4, -0.2) is 25.5 Å². The van der Waals surface area contributed by atoms with Gasteiger partial charge in [-0.25, -0.2) is 0 Å². The Kier molecular flexibility index (Phi) is 7.82. The first-order valence-corrected chi connectivity index (χ1v) is 7.46. The van der Waals surface area contributed by atoms with E-state index in [9.17, 15) is 0 Å². The number of nitrogens with one attached hydrogen (secondary N) is 1. The first-order valence-electron chi connectivity index (χ1n) is 7.46. The molecule has 0 amide bonds. The van der Waals surface area contributed by atoms with Gasteiger partial charge in [0.15, 0.2) is 6.29 Å². The van der Waals surface area contributed by atoms with Gasteiger partial charge in [0, 0.05) is 13.2 Å². The van der Waals surface area contributed by atoms with Crippen LogP contribution in [-0.2, 0) is 9.47 Å². The minimum Gasteiger partial charge on any atom is -0.351 e. The highest BCUT2D eigenvalue weighted by Gasteiger charge is 2.33. The van der Waals surface area contributed by atoms with Crippen LogP contribution in [0.4, 0.5) is 0 Å². The molecule has 18 heavy (non-hydrogen) atoms. The van der Waals surface area contributed by atoms with E-state index in [0.717, 1.165) is 5.92 Å². The molecule has 0 radical (unpaired) electrons. The van der Waals surface area contributed by atoms with Crippen molar-refractivity contribution in [1.29, 1.82) is 0 Å². The molecular weight excluding hydrogens is 228 g/mol. The fourth-order valence-corrected chi connectivity index (χ4v) is 3.05. The normalized spacial score (nSPS) is 26.5. The molecule has 4 nitrogen and oxygen atoms in total. The summed E-state index contributed by atoms with van der Waals surface area (Å²) in [4.78, 5) is 0. The van der Waals surface area contributed by atoms with Crippen molar-refractivity contribution >= 4 is 0 Å². The summed E-state index contributed by atoms with van der Waals surface area (Å²) in [6.07, 6.45) is 6.17. The van der Waals surface area contributed by atoms with Crippen LogP contribution in [0.2, 0.25) is 0 Å². The fourth-order valence-electron chi connectivity index (χ4n) is 3.05. The van der Waals surface area contributed by atoms with Crippen molar-refractivity contribution in [2.45, 2.75) is 65.2 Å². The standard InChI is InChI=1S/C14H30N2O2/c1-4-11-8-7-9-12(10-11)13(16-15)14(17-5-2)18-6-3/h11-14,16H,4-10,15H2,1-3H3. The van der Waals surface area contributed by atoms with Gasteiger partial charge in [-0.15, -0.1) is 0 Å². The minimum absolute atomic E-state index is 0.110. The molecule has 0 saturated heterocycles. The first-order chi connectivity index (χ1) is 8.76. The van der Waals surface area contributed by atoms with Crippen molar-refractivity contribution < 1.29 is 9.47 Å². The molecule has 1 saturated carbocycles. The average molecular weight is 258 g/mol. The van der Waals surface area contributed by atoms with E-state index in [-0.39, 0.29) is 12.3 Å². The molecule has 0 aromatic heterocycles. The Morgan fingerprint density at radius 1 is 1.17 bits per heavy atom. The second-order valence-corrected chi connectivity index (χ2v) is 5.17. The number of hydrazine groups is 1. The van der Waals surface area contributed by atoms with E-state index in [2.05, 4.69) is 12.3 Å². The Morgan fingerprint density at radius 3 is 2.33 bits per heavy atom. The lowest BCUT2D eigenvalue weighted by Gasteiger charge is -2.37. The number of hydrogen-bond acceptors (Lipinski definition) is 4. The van der Waals surface area contributed by atoms with Gasteiger partial charge < -0.3 is 9.47 Å². The summed E-state index contributed by atoms with van der Waals surface area (Å²) in [7, 11) is 0. The van der Waals surface area contributed by atoms with Gasteiger partial charge >= 0.3 is 0 Å². The van der Waals surface area contributed by atoms with Crippen molar-refractivity contribution in [3.05, 3.63) is 0 Å². The molecule has 0 aromatic rings. The number of hydrogen-bond donors (Lipinski definition) is 2. The molecule has 108 valence electrons. The molecule has 0 aliphatic heterocycles. The van der Waals surface area contributed by atoms with Crippen molar-refractivity contribution in [3.63, 3.8) is 0 Å². The largest absolute Gasteiger partial charge is 0.351 e. The van der Waals surface area contributed by atoms with Gasteiger partial charge in [0.2, 0.25) is 0 Å². The highest BCUT2D eigenvalue weighted by Crippen LogP contribution is 2.34. The molecule has 1 aliphatic carbocycles. The van der Waals surface area contributed by atoms with Gasteiger partial charge in [0.25, 0.3) is 0 Å². The maximum Gasteiger partial charge on any atom is 0.174 e. The lowest BCUT2D eigenvalue weighted by molar-refractivity contribution is -0.165. The molecule has 0 bridgehead atoms. The lowest BCUT2D eigenvalue weighted by atomic mass is 9.76. The Morgan fingerprint density at radius 2 is 1.83 bits per heavy atom. The topological polar surface area (TPSA) is 56.5 Å². The van der Waals surface area contributed by atoms with Crippen molar-refractivity contribution in [1.82, 2.24) is 5.43 Å². The zero-order valence-electron chi connectivity index (χ0n) is 12.2. The molecule has 1 fully saturated rings. The predicted molar refractivity (Wildman–Crippen MR) is 73.9 cm³/mol. The lowest BCUT2D eigenvalue weighted by Crippen LogP contribution is -2.52. The summed E-state index contributed by atoms with van der Waals surface area (Å²) in [5.41, 5.74) is 2.94. The van der Waals surface area contributed by atoms with Crippen LogP contribution < -0.4 is 11.3 Å². The molecule has 0 aromatic carbocycles. The van der Waals surface area contributed by atoms with Gasteiger partial charge in [-0.2, -0.15) is 0 Å². The van der Waals surface area contributed by atoms with Crippen molar-refractivity contribution in [2.75, 3.05) is 13.2 Å². The second-order valence-electron chi connectivity index (χ2n) is 5.17. The fraction of sp³-hybridized carbons (Fsp3) is 1.00. The molecule has 1 rings (SSSR count). The van der Waals surface area contributed by atoms with Crippen molar-refractivity contribution in [3.8, 4) is 0 Å². The van der Waals surface area contributed by atoms with Gasteiger partial charge in [-0.1, -0.05) is 26.2 Å². The summed E-state index contributed by atoms with van der Waals surface area (Å²) in [6, 6.07) is 0.110. The monoisotopic (exact) mass is 258 g/mol. The maximum atomic E-state index is 5.74. The van der Waals surface area contributed by atoms with Gasteiger partial charge in [-0.3, -0.25) is 11.3 Å². The number of ether oxygens (including phenoxy) is 2. The molecule has 4 heteroatoms. The molecule has 3 atom stereocenters. The van der Waals surface area contributed by atoms with E-state index in [4.69, 9.17) is 15.3 Å². The van der Waals surface area contributed by atoms with Crippen LogP contribution in [0.3, 0.4) is 0 Å². The molecule has 0 heterocycles. The SMILES string of the molecule is CCOC(OCC)C(NN)C1CCCC(CC)C1. The van der Waals surface area contributed by atoms with E-state index in [1.54, 1.807) is 0 Å². The van der Waals surface area contributed by atoms with Gasteiger partial charge in [-0.05, 0) is 38.5 Å². The third kappa shape index (κ3) is 4.50. The minimum atomic E-state index is -0.217. The zero-order chi connectivity index (χ0) is 13.4. The first kappa shape index (κ1) is 15.9. The van der Waals surface area contributed by atoms with Crippen LogP contribution in [0.15, 0.2) is 0 Å². The summed E-state index contributed by atoms with van der Waals surface area (Å²) < 4.78 is 11.4. The van der Waals surface area contributed by atoms with E-state index in [0.29, 0.717) is 19.1 Å². The van der Waals surface area contributed by atoms with Crippen LogP contribution in [0.25, 0.3) is 0 Å². The highest BCUT2D eigenvalue weighted by molar-refractivity contribution is 4.83. The smallest absolute Gasteiger partial charge is 0.174 e. The summed E-state index contributed by atoms with van der Waals surface area (Å²) >= 11 is 0. The van der Waals surface area contributed by atoms with Gasteiger partial charge in [0.1, 0.15) is 0 Å². The predicted octanol–water partition coefficient (Wildman–Crippen LogP) is 2.43. The third-order valence-corrected chi connectivity index (χ3v) is 4.06.